The average Bonchev–Trinajstić information content (AvgIpc) is 3.33. The van der Waals surface area contributed by atoms with Crippen molar-refractivity contribution in [2.45, 2.75) is 38.8 Å². The molecule has 170 valence electrons. The van der Waals surface area contributed by atoms with Crippen molar-refractivity contribution >= 4 is 29.0 Å². The van der Waals surface area contributed by atoms with Gasteiger partial charge in [-0.15, -0.1) is 0 Å². The van der Waals surface area contributed by atoms with Crippen LogP contribution in [-0.2, 0) is 0 Å². The van der Waals surface area contributed by atoms with Crippen LogP contribution < -0.4 is 10.5 Å². The van der Waals surface area contributed by atoms with Gasteiger partial charge in [0.25, 0.3) is 0 Å². The van der Waals surface area contributed by atoms with Gasteiger partial charge >= 0.3 is 0 Å². The maximum absolute atomic E-state index is 14.0. The molecule has 0 saturated carbocycles. The number of ether oxygens (including phenoxy) is 1. The number of aromatic nitrogens is 3. The number of likely N-dealkylation sites (tertiary alicyclic amines) is 1. The predicted molar refractivity (Wildman–Crippen MR) is 126 cm³/mol. The molecular weight excluding hydrogens is 452 g/mol. The highest BCUT2D eigenvalue weighted by molar-refractivity contribution is 6.36. The van der Waals surface area contributed by atoms with Crippen molar-refractivity contribution in [3.63, 3.8) is 0 Å². The number of nitrogen functional groups attached to an aromatic ring is 1. The molecule has 1 saturated heterocycles. The van der Waals surface area contributed by atoms with E-state index in [-0.39, 0.29) is 27.7 Å². The molecule has 1 atom stereocenters. The van der Waals surface area contributed by atoms with E-state index in [0.717, 1.165) is 5.56 Å². The largest absolute Gasteiger partial charge is 0.482 e. The van der Waals surface area contributed by atoms with E-state index < -0.39 is 25.3 Å². The minimum Gasteiger partial charge on any atom is -0.482 e. The molecule has 1 unspecified atom stereocenters. The van der Waals surface area contributed by atoms with E-state index in [9.17, 15) is 4.39 Å². The Labute approximate surface area is 204 Å². The summed E-state index contributed by atoms with van der Waals surface area (Å²) in [5.74, 6) is -0.193. The lowest BCUT2D eigenvalue weighted by atomic mass is 10.1. The second-order valence-electron chi connectivity index (χ2n) is 7.66. The molecule has 0 amide bonds. The smallest absolute Gasteiger partial charge is 0.166 e. The zero-order valence-electron chi connectivity index (χ0n) is 22.4. The summed E-state index contributed by atoms with van der Waals surface area (Å²) in [5, 5.41) is 4.60. The van der Waals surface area contributed by atoms with E-state index in [1.54, 1.807) is 30.1 Å². The van der Waals surface area contributed by atoms with Crippen molar-refractivity contribution in [1.29, 1.82) is 0 Å². The zero-order chi connectivity index (χ0) is 27.1. The topological polar surface area (TPSA) is 69.2 Å². The fraction of sp³-hybridized carbons (Fsp3) is 0.391. The summed E-state index contributed by atoms with van der Waals surface area (Å²) in [5.41, 5.74) is 7.78. The molecule has 1 aliphatic rings. The van der Waals surface area contributed by atoms with Gasteiger partial charge in [0.2, 0.25) is 0 Å². The number of rotatable bonds is 6. The molecule has 0 spiro atoms. The van der Waals surface area contributed by atoms with E-state index in [2.05, 4.69) is 10.1 Å². The van der Waals surface area contributed by atoms with Crippen LogP contribution in [0, 0.1) is 5.82 Å². The molecule has 9 heteroatoms. The van der Waals surface area contributed by atoms with Crippen LogP contribution in [-0.4, -0.2) is 39.3 Å². The Balaban J connectivity index is 1.49. The average molecular weight is 483 g/mol. The third-order valence-corrected chi connectivity index (χ3v) is 6.32. The second-order valence-corrected chi connectivity index (χ2v) is 8.45. The SMILES string of the molecule is [2H]C([2H])([2H])C([2H])([2H])N1CCC(n2cc(-c3cnc(N)c(OC(C)c4c(Cl)ccc(F)c4Cl)c3)cn2)CC1. The van der Waals surface area contributed by atoms with Crippen LogP contribution in [0.3, 0.4) is 0 Å². The van der Waals surface area contributed by atoms with E-state index in [1.807, 2.05) is 6.20 Å². The quantitative estimate of drug-likeness (QED) is 0.451. The molecule has 2 N–H and O–H groups in total. The molecule has 32 heavy (non-hydrogen) atoms. The molecule has 0 aliphatic carbocycles. The van der Waals surface area contributed by atoms with Crippen molar-refractivity contribution < 1.29 is 16.0 Å². The number of piperidine rings is 1. The third-order valence-electron chi connectivity index (χ3n) is 5.60. The van der Waals surface area contributed by atoms with Crippen molar-refractivity contribution in [3.05, 3.63) is 58.2 Å². The Morgan fingerprint density at radius 1 is 1.31 bits per heavy atom. The summed E-state index contributed by atoms with van der Waals surface area (Å²) in [6, 6.07) is 4.29. The first-order valence-electron chi connectivity index (χ1n) is 12.6. The van der Waals surface area contributed by atoms with Gasteiger partial charge in [-0.1, -0.05) is 30.1 Å². The summed E-state index contributed by atoms with van der Waals surface area (Å²) in [7, 11) is 0. The van der Waals surface area contributed by atoms with Crippen LogP contribution in [0.4, 0.5) is 10.2 Å². The molecule has 1 aliphatic heterocycles. The van der Waals surface area contributed by atoms with Crippen LogP contribution in [0.25, 0.3) is 11.1 Å². The highest BCUT2D eigenvalue weighted by Crippen LogP contribution is 2.37. The molecule has 3 aromatic rings. The lowest BCUT2D eigenvalue weighted by Crippen LogP contribution is -2.34. The van der Waals surface area contributed by atoms with E-state index in [0.29, 0.717) is 37.1 Å². The van der Waals surface area contributed by atoms with Crippen LogP contribution in [0.15, 0.2) is 36.8 Å². The Morgan fingerprint density at radius 3 is 2.84 bits per heavy atom. The number of benzene rings is 1. The molecule has 0 radical (unpaired) electrons. The summed E-state index contributed by atoms with van der Waals surface area (Å²) in [6.45, 7) is -2.82. The lowest BCUT2D eigenvalue weighted by Gasteiger charge is -2.31. The molecule has 6 nitrogen and oxygen atoms in total. The van der Waals surface area contributed by atoms with Gasteiger partial charge in [0.1, 0.15) is 11.9 Å². The van der Waals surface area contributed by atoms with Gasteiger partial charge in [0, 0.05) is 54.0 Å². The van der Waals surface area contributed by atoms with Crippen molar-refractivity contribution in [2.24, 2.45) is 0 Å². The molecule has 4 rings (SSSR count). The number of nitrogens with zero attached hydrogens (tertiary/aromatic N) is 4. The normalized spacial score (nSPS) is 19.4. The molecule has 2 aromatic heterocycles. The first-order chi connectivity index (χ1) is 17.3. The zero-order valence-corrected chi connectivity index (χ0v) is 18.9. The molecule has 0 bridgehead atoms. The van der Waals surface area contributed by atoms with Gasteiger partial charge in [-0.3, -0.25) is 4.68 Å². The van der Waals surface area contributed by atoms with Crippen LogP contribution in [0.2, 0.25) is 10.0 Å². The highest BCUT2D eigenvalue weighted by atomic mass is 35.5. The Kier molecular flexibility index (Phi) is 5.18. The maximum atomic E-state index is 14.0. The number of pyridine rings is 1. The van der Waals surface area contributed by atoms with Gasteiger partial charge in [0.15, 0.2) is 11.6 Å². The Bertz CT molecular complexity index is 1280. The highest BCUT2D eigenvalue weighted by Gasteiger charge is 2.22. The minimum atomic E-state index is -2.72. The maximum Gasteiger partial charge on any atom is 0.166 e. The van der Waals surface area contributed by atoms with Gasteiger partial charge in [0.05, 0.1) is 17.3 Å². The fourth-order valence-electron chi connectivity index (χ4n) is 3.80. The van der Waals surface area contributed by atoms with Gasteiger partial charge in [-0.2, -0.15) is 5.10 Å². The monoisotopic (exact) mass is 482 g/mol. The second kappa shape index (κ2) is 9.65. The molecule has 1 fully saturated rings. The third kappa shape index (κ3) is 4.70. The van der Waals surface area contributed by atoms with Crippen molar-refractivity contribution in [1.82, 2.24) is 19.7 Å². The first kappa shape index (κ1) is 17.2. The van der Waals surface area contributed by atoms with Crippen LogP contribution in [0.1, 0.15) is 51.2 Å². The van der Waals surface area contributed by atoms with Gasteiger partial charge in [-0.25, -0.2) is 9.37 Å². The van der Waals surface area contributed by atoms with E-state index >= 15 is 0 Å². The van der Waals surface area contributed by atoms with E-state index in [1.165, 1.54) is 17.0 Å². The fourth-order valence-corrected chi connectivity index (χ4v) is 4.48. The van der Waals surface area contributed by atoms with Crippen LogP contribution in [0.5, 0.6) is 5.75 Å². The first-order valence-corrected chi connectivity index (χ1v) is 10.9. The summed E-state index contributed by atoms with van der Waals surface area (Å²) < 4.78 is 60.1. The number of nitrogens with two attached hydrogens (primary N) is 1. The number of hydrogen-bond acceptors (Lipinski definition) is 5. The summed E-state index contributed by atoms with van der Waals surface area (Å²) in [4.78, 5) is 5.59. The van der Waals surface area contributed by atoms with Crippen molar-refractivity contribution in [2.75, 3.05) is 25.3 Å². The lowest BCUT2D eigenvalue weighted by molar-refractivity contribution is 0.187. The standard InChI is InChI=1S/C23H26Cl2FN5O/c1-3-30-8-6-17(7-9-30)31-13-16(12-29-31)15-10-20(23(27)28-11-15)32-14(2)21-18(24)4-5-19(26)22(21)25/h4-5,10-14,17H,3,6-9H2,1-2H3,(H2,27,28)/i1D3,3D2. The minimum absolute atomic E-state index is 0.00727. The molecule has 3 heterocycles. The summed E-state index contributed by atoms with van der Waals surface area (Å²) >= 11 is 12.3. The van der Waals surface area contributed by atoms with E-state index in [4.69, 9.17) is 40.5 Å². The molecular formula is C23H26Cl2FN5O. The van der Waals surface area contributed by atoms with Gasteiger partial charge in [-0.05, 0) is 44.5 Å². The number of halogens is 3. The number of hydrogen-bond donors (Lipinski definition) is 1. The molecule has 1 aromatic carbocycles. The predicted octanol–water partition coefficient (Wildman–Crippen LogP) is 5.77. The van der Waals surface area contributed by atoms with Crippen LogP contribution >= 0.6 is 23.2 Å². The van der Waals surface area contributed by atoms with Crippen molar-refractivity contribution in [3.8, 4) is 16.9 Å². The Morgan fingerprint density at radius 2 is 2.09 bits per heavy atom. The number of anilines is 1. The van der Waals surface area contributed by atoms with Gasteiger partial charge < -0.3 is 15.4 Å². The summed E-state index contributed by atoms with van der Waals surface area (Å²) in [6.07, 6.45) is 5.51. The Hall–Kier alpha value is -2.35.